The fraction of sp³-hybridized carbons (Fsp3) is 0.219. The number of nitrogens with zero attached hydrogens (tertiary/aromatic N) is 1. The van der Waals surface area contributed by atoms with Crippen molar-refractivity contribution in [1.82, 2.24) is 0 Å². The summed E-state index contributed by atoms with van der Waals surface area (Å²) in [5.41, 5.74) is 3.05. The highest BCUT2D eigenvalue weighted by atomic mass is 35.5. The van der Waals surface area contributed by atoms with Crippen LogP contribution in [0, 0.1) is 16.8 Å². The van der Waals surface area contributed by atoms with E-state index in [9.17, 15) is 23.6 Å². The van der Waals surface area contributed by atoms with Gasteiger partial charge in [0, 0.05) is 17.7 Å². The topological polar surface area (TPSA) is 104 Å². The zero-order valence-electron chi connectivity index (χ0n) is 23.4. The van der Waals surface area contributed by atoms with Crippen molar-refractivity contribution in [3.05, 3.63) is 100.0 Å². The fourth-order valence-corrected chi connectivity index (χ4v) is 5.47. The average Bonchev–Trinajstić information content (AvgIpc) is 2.99. The van der Waals surface area contributed by atoms with Gasteiger partial charge in [-0.2, -0.15) is 4.73 Å². The van der Waals surface area contributed by atoms with Crippen LogP contribution in [0.5, 0.6) is 5.75 Å². The highest BCUT2D eigenvalue weighted by Gasteiger charge is 2.28. The van der Waals surface area contributed by atoms with Gasteiger partial charge in [0.05, 0.1) is 48.0 Å². The van der Waals surface area contributed by atoms with Crippen molar-refractivity contribution in [3.63, 3.8) is 0 Å². The molecule has 1 atom stereocenters. The van der Waals surface area contributed by atoms with Crippen LogP contribution in [-0.4, -0.2) is 26.2 Å². The van der Waals surface area contributed by atoms with E-state index >= 15 is 0 Å². The lowest BCUT2D eigenvalue weighted by Gasteiger charge is -2.21. The third-order valence-corrected chi connectivity index (χ3v) is 7.70. The van der Waals surface area contributed by atoms with Gasteiger partial charge < -0.3 is 20.0 Å². The molecule has 1 unspecified atom stereocenters. The van der Waals surface area contributed by atoms with Crippen LogP contribution < -0.4 is 20.1 Å². The van der Waals surface area contributed by atoms with Crippen LogP contribution in [0.3, 0.4) is 0 Å². The van der Waals surface area contributed by atoms with Crippen LogP contribution in [-0.2, 0) is 9.53 Å². The smallest absolute Gasteiger partial charge is 0.411 e. The normalized spacial score (nSPS) is 14.9. The van der Waals surface area contributed by atoms with Gasteiger partial charge in [0.1, 0.15) is 11.6 Å². The number of halogens is 3. The standard InChI is InChI=1S/C32H28ClF2N3O5/c1-42-28-16-27(38(41)17-23(28)30-25(34)13-12-24(33)31(30)35)22-8-3-4-9-29(39)37-26-15-20(36-32(40)43-2)10-11-21(26)18-6-5-7-19(22)14-18/h5-7,10-17,22H,3-4,8-9H2,1-2H3,(H,36,40)(H,37,39). The molecule has 0 aliphatic carbocycles. The van der Waals surface area contributed by atoms with Crippen molar-refractivity contribution in [1.29, 1.82) is 0 Å². The molecule has 8 nitrogen and oxygen atoms in total. The SMILES string of the molecule is COC(=O)Nc1ccc2c(c1)NC(=O)CCCCC(c1cc(OC)c(-c3c(F)ccc(Cl)c3F)c[n+]1[O-])c1cccc-2c1. The molecule has 1 aliphatic heterocycles. The Bertz CT molecular complexity index is 1720. The number of rotatable bonds is 4. The molecule has 0 spiro atoms. The first-order chi connectivity index (χ1) is 20.7. The Kier molecular flexibility index (Phi) is 8.77. The number of methoxy groups -OCH3 is 2. The molecule has 2 amide bonds. The first-order valence-electron chi connectivity index (χ1n) is 13.5. The Labute approximate surface area is 251 Å². The van der Waals surface area contributed by atoms with Crippen molar-refractivity contribution >= 4 is 35.0 Å². The molecule has 222 valence electrons. The maximum atomic E-state index is 14.9. The molecule has 0 fully saturated rings. The van der Waals surface area contributed by atoms with Crippen LogP contribution in [0.1, 0.15) is 42.9 Å². The summed E-state index contributed by atoms with van der Waals surface area (Å²) in [5.74, 6) is -2.39. The summed E-state index contributed by atoms with van der Waals surface area (Å²) >= 11 is 5.91. The van der Waals surface area contributed by atoms with Crippen molar-refractivity contribution in [2.45, 2.75) is 31.6 Å². The van der Waals surface area contributed by atoms with Crippen LogP contribution in [0.25, 0.3) is 22.3 Å². The number of ether oxygens (including phenoxy) is 2. The van der Waals surface area contributed by atoms with Crippen molar-refractivity contribution in [2.75, 3.05) is 24.9 Å². The molecule has 0 radical (unpaired) electrons. The summed E-state index contributed by atoms with van der Waals surface area (Å²) in [6.45, 7) is 0. The lowest BCUT2D eigenvalue weighted by molar-refractivity contribution is -0.614. The van der Waals surface area contributed by atoms with Gasteiger partial charge in [-0.05, 0) is 48.2 Å². The molecule has 2 bridgehead atoms. The molecule has 4 aromatic rings. The van der Waals surface area contributed by atoms with Gasteiger partial charge in [-0.3, -0.25) is 10.1 Å². The minimum Gasteiger partial charge on any atom is -0.618 e. The van der Waals surface area contributed by atoms with Crippen molar-refractivity contribution in [3.8, 4) is 28.0 Å². The largest absolute Gasteiger partial charge is 0.618 e. The summed E-state index contributed by atoms with van der Waals surface area (Å²) in [4.78, 5) is 24.6. The second-order valence-electron chi connectivity index (χ2n) is 10.1. The van der Waals surface area contributed by atoms with Crippen LogP contribution >= 0.6 is 11.6 Å². The number of pyridine rings is 1. The van der Waals surface area contributed by atoms with Crippen LogP contribution in [0.4, 0.5) is 25.0 Å². The summed E-state index contributed by atoms with van der Waals surface area (Å²) in [5, 5.41) is 18.8. The van der Waals surface area contributed by atoms with Crippen LogP contribution in [0.2, 0.25) is 5.02 Å². The van der Waals surface area contributed by atoms with Gasteiger partial charge in [-0.25, -0.2) is 13.6 Å². The van der Waals surface area contributed by atoms with E-state index in [1.807, 2.05) is 24.3 Å². The van der Waals surface area contributed by atoms with E-state index in [1.54, 1.807) is 18.2 Å². The Morgan fingerprint density at radius 2 is 1.88 bits per heavy atom. The lowest BCUT2D eigenvalue weighted by Crippen LogP contribution is -2.34. The van der Waals surface area contributed by atoms with Crippen molar-refractivity contribution < 1.29 is 32.6 Å². The van der Waals surface area contributed by atoms with E-state index < -0.39 is 29.2 Å². The molecule has 11 heteroatoms. The Balaban J connectivity index is 1.62. The molecule has 3 aromatic carbocycles. The minimum atomic E-state index is -0.992. The molecule has 0 saturated heterocycles. The molecule has 1 aromatic heterocycles. The Hall–Kier alpha value is -4.70. The highest BCUT2D eigenvalue weighted by molar-refractivity contribution is 6.31. The van der Waals surface area contributed by atoms with E-state index in [2.05, 4.69) is 15.4 Å². The first-order valence-corrected chi connectivity index (χ1v) is 13.9. The monoisotopic (exact) mass is 607 g/mol. The number of amides is 2. The van der Waals surface area contributed by atoms with Gasteiger partial charge >= 0.3 is 6.09 Å². The Morgan fingerprint density at radius 3 is 2.65 bits per heavy atom. The third kappa shape index (κ3) is 6.24. The second-order valence-corrected chi connectivity index (χ2v) is 10.5. The molecule has 0 saturated carbocycles. The number of hydrogen-bond donors (Lipinski definition) is 2. The number of aromatic nitrogens is 1. The lowest BCUT2D eigenvalue weighted by atomic mass is 9.87. The molecule has 1 aliphatic rings. The summed E-state index contributed by atoms with van der Waals surface area (Å²) in [7, 11) is 2.62. The predicted molar refractivity (Wildman–Crippen MR) is 159 cm³/mol. The summed E-state index contributed by atoms with van der Waals surface area (Å²) < 4.78 is 40.5. The Morgan fingerprint density at radius 1 is 1.07 bits per heavy atom. The van der Waals surface area contributed by atoms with E-state index in [0.717, 1.165) is 29.5 Å². The number of anilines is 2. The molecular formula is C32H28ClF2N3O5. The molecule has 2 heterocycles. The number of hydrogen-bond acceptors (Lipinski definition) is 5. The van der Waals surface area contributed by atoms with E-state index in [1.165, 1.54) is 20.3 Å². The minimum absolute atomic E-state index is 0.0670. The summed E-state index contributed by atoms with van der Waals surface area (Å²) in [6.07, 6.45) is 2.38. The van der Waals surface area contributed by atoms with E-state index in [4.69, 9.17) is 16.3 Å². The maximum absolute atomic E-state index is 14.9. The maximum Gasteiger partial charge on any atom is 0.411 e. The number of fused-ring (bicyclic) bond motifs is 4. The van der Waals surface area contributed by atoms with Gasteiger partial charge in [0.15, 0.2) is 12.0 Å². The average molecular weight is 608 g/mol. The molecule has 5 rings (SSSR count). The second kappa shape index (κ2) is 12.7. The number of carbonyl (C=O) groups is 2. The quantitative estimate of drug-likeness (QED) is 0.143. The molecule has 2 N–H and O–H groups in total. The zero-order valence-corrected chi connectivity index (χ0v) is 24.1. The highest BCUT2D eigenvalue weighted by Crippen LogP contribution is 2.40. The molecular weight excluding hydrogens is 580 g/mol. The number of carbonyl (C=O) groups excluding carboxylic acids is 2. The van der Waals surface area contributed by atoms with Gasteiger partial charge in [-0.1, -0.05) is 48.4 Å². The van der Waals surface area contributed by atoms with Crippen LogP contribution in [0.15, 0.2) is 66.9 Å². The zero-order chi connectivity index (χ0) is 30.7. The van der Waals surface area contributed by atoms with E-state index in [0.29, 0.717) is 46.6 Å². The van der Waals surface area contributed by atoms with Gasteiger partial charge in [-0.15, -0.1) is 0 Å². The third-order valence-electron chi connectivity index (χ3n) is 7.41. The molecule has 43 heavy (non-hydrogen) atoms. The predicted octanol–water partition coefficient (Wildman–Crippen LogP) is 7.42. The van der Waals surface area contributed by atoms with Gasteiger partial charge in [0.2, 0.25) is 11.6 Å². The number of benzene rings is 3. The summed E-state index contributed by atoms with van der Waals surface area (Å²) in [6, 6.07) is 16.3. The van der Waals surface area contributed by atoms with Crippen molar-refractivity contribution in [2.24, 2.45) is 0 Å². The number of nitrogens with one attached hydrogen (secondary N) is 2. The van der Waals surface area contributed by atoms with E-state index in [-0.39, 0.29) is 28.7 Å². The fourth-order valence-electron chi connectivity index (χ4n) is 5.32. The van der Waals surface area contributed by atoms with Gasteiger partial charge in [0.25, 0.3) is 0 Å². The first kappa shape index (κ1) is 29.8.